The smallest absolute Gasteiger partial charge is 0.100 e. The molecule has 1 rings (SSSR count). The highest BCUT2D eigenvalue weighted by Gasteiger charge is 2.33. The third kappa shape index (κ3) is 2.08. The third-order valence-electron chi connectivity index (χ3n) is 2.51. The van der Waals surface area contributed by atoms with E-state index in [1.54, 1.807) is 6.07 Å². The monoisotopic (exact) mass is 176 g/mol. The van der Waals surface area contributed by atoms with E-state index in [0.29, 0.717) is 12.8 Å². The molecule has 13 heavy (non-hydrogen) atoms. The van der Waals surface area contributed by atoms with Crippen LogP contribution in [0.2, 0.25) is 0 Å². The molecule has 3 heteroatoms. The van der Waals surface area contributed by atoms with Crippen LogP contribution in [-0.4, -0.2) is 10.7 Å². The summed E-state index contributed by atoms with van der Waals surface area (Å²) in [6, 6.07) is 3.70. The summed E-state index contributed by atoms with van der Waals surface area (Å²) in [6.45, 7) is 0. The van der Waals surface area contributed by atoms with Gasteiger partial charge in [-0.3, -0.25) is 0 Å². The molecule has 1 saturated carbocycles. The molecule has 1 N–H and O–H groups in total. The highest BCUT2D eigenvalue weighted by Crippen LogP contribution is 2.33. The van der Waals surface area contributed by atoms with Gasteiger partial charge in [-0.1, -0.05) is 19.3 Å². The van der Waals surface area contributed by atoms with E-state index in [2.05, 4.69) is 0 Å². The standard InChI is InChI=1S/C10H12N2O/c11-7-4-9(8-12)10(13)5-2-1-3-6-10/h4,13H,1-3,5-6H2/b9-4+. The van der Waals surface area contributed by atoms with Crippen LogP contribution in [0.25, 0.3) is 0 Å². The average molecular weight is 176 g/mol. The molecule has 68 valence electrons. The number of hydrogen-bond donors (Lipinski definition) is 1. The first-order chi connectivity index (χ1) is 6.23. The van der Waals surface area contributed by atoms with Crippen molar-refractivity contribution in [2.45, 2.75) is 37.7 Å². The lowest BCUT2D eigenvalue weighted by Gasteiger charge is -2.30. The van der Waals surface area contributed by atoms with Crippen molar-refractivity contribution in [3.8, 4) is 12.1 Å². The number of allylic oxidation sites excluding steroid dienone is 1. The quantitative estimate of drug-likeness (QED) is 0.618. The van der Waals surface area contributed by atoms with E-state index in [-0.39, 0.29) is 5.57 Å². The SMILES string of the molecule is N#C/C=C(\C#N)C1(O)CCCCC1. The second-order valence-corrected chi connectivity index (χ2v) is 3.39. The van der Waals surface area contributed by atoms with Crippen LogP contribution in [0.1, 0.15) is 32.1 Å². The molecular weight excluding hydrogens is 164 g/mol. The van der Waals surface area contributed by atoms with Crippen LogP contribution in [0.3, 0.4) is 0 Å². The highest BCUT2D eigenvalue weighted by molar-refractivity contribution is 5.35. The lowest BCUT2D eigenvalue weighted by Crippen LogP contribution is -2.33. The molecule has 0 unspecified atom stereocenters. The summed E-state index contributed by atoms with van der Waals surface area (Å²) in [7, 11) is 0. The fraction of sp³-hybridized carbons (Fsp3) is 0.600. The third-order valence-corrected chi connectivity index (χ3v) is 2.51. The zero-order chi connectivity index (χ0) is 9.73. The summed E-state index contributed by atoms with van der Waals surface area (Å²) in [5, 5.41) is 27.2. The predicted octanol–water partition coefficient (Wildman–Crippen LogP) is 1.66. The number of rotatable bonds is 1. The Labute approximate surface area is 77.9 Å². The summed E-state index contributed by atoms with van der Waals surface area (Å²) in [4.78, 5) is 0. The van der Waals surface area contributed by atoms with Crippen molar-refractivity contribution < 1.29 is 5.11 Å². The number of hydrogen-bond acceptors (Lipinski definition) is 3. The predicted molar refractivity (Wildman–Crippen MR) is 47.3 cm³/mol. The zero-order valence-corrected chi connectivity index (χ0v) is 7.45. The van der Waals surface area contributed by atoms with Gasteiger partial charge in [0.05, 0.1) is 17.7 Å². The van der Waals surface area contributed by atoms with E-state index < -0.39 is 5.60 Å². The van der Waals surface area contributed by atoms with Crippen LogP contribution in [0.4, 0.5) is 0 Å². The molecule has 1 aliphatic rings. The zero-order valence-electron chi connectivity index (χ0n) is 7.45. The molecular formula is C10H12N2O. The van der Waals surface area contributed by atoms with Crippen molar-refractivity contribution in [1.82, 2.24) is 0 Å². The summed E-state index contributed by atoms with van der Waals surface area (Å²) in [6.07, 6.45) is 5.34. The molecule has 0 aromatic rings. The van der Waals surface area contributed by atoms with E-state index in [1.807, 2.05) is 6.07 Å². The molecule has 1 fully saturated rings. The Morgan fingerprint density at radius 1 is 1.23 bits per heavy atom. The summed E-state index contributed by atoms with van der Waals surface area (Å²) >= 11 is 0. The lowest BCUT2D eigenvalue weighted by molar-refractivity contribution is 0.0439. The Balaban J connectivity index is 2.84. The van der Waals surface area contributed by atoms with Gasteiger partial charge < -0.3 is 5.11 Å². The van der Waals surface area contributed by atoms with Gasteiger partial charge in [0.25, 0.3) is 0 Å². The fourth-order valence-corrected chi connectivity index (χ4v) is 1.74. The summed E-state index contributed by atoms with van der Waals surface area (Å²) < 4.78 is 0. The largest absolute Gasteiger partial charge is 0.384 e. The lowest BCUT2D eigenvalue weighted by atomic mass is 9.80. The minimum Gasteiger partial charge on any atom is -0.384 e. The van der Waals surface area contributed by atoms with Gasteiger partial charge in [-0.2, -0.15) is 10.5 Å². The second-order valence-electron chi connectivity index (χ2n) is 3.39. The van der Waals surface area contributed by atoms with Gasteiger partial charge >= 0.3 is 0 Å². The topological polar surface area (TPSA) is 67.8 Å². The van der Waals surface area contributed by atoms with Crippen LogP contribution in [0.5, 0.6) is 0 Å². The van der Waals surface area contributed by atoms with E-state index >= 15 is 0 Å². The molecule has 0 bridgehead atoms. The van der Waals surface area contributed by atoms with Crippen LogP contribution in [-0.2, 0) is 0 Å². The molecule has 3 nitrogen and oxygen atoms in total. The Morgan fingerprint density at radius 3 is 2.31 bits per heavy atom. The van der Waals surface area contributed by atoms with Gasteiger partial charge in [-0.15, -0.1) is 0 Å². The number of nitriles is 2. The maximum Gasteiger partial charge on any atom is 0.100 e. The summed E-state index contributed by atoms with van der Waals surface area (Å²) in [5.41, 5.74) is -0.808. The van der Waals surface area contributed by atoms with Gasteiger partial charge in [-0.05, 0) is 12.8 Å². The average Bonchev–Trinajstić information content (AvgIpc) is 2.15. The van der Waals surface area contributed by atoms with Gasteiger partial charge in [0.2, 0.25) is 0 Å². The number of aliphatic hydroxyl groups is 1. The van der Waals surface area contributed by atoms with Gasteiger partial charge in [0, 0.05) is 6.08 Å². The van der Waals surface area contributed by atoms with E-state index in [4.69, 9.17) is 10.5 Å². The van der Waals surface area contributed by atoms with Crippen LogP contribution in [0.15, 0.2) is 11.6 Å². The minimum absolute atomic E-state index is 0.217. The molecule has 1 aliphatic carbocycles. The fourth-order valence-electron chi connectivity index (χ4n) is 1.74. The molecule has 0 heterocycles. The Bertz CT molecular complexity index is 287. The molecule has 0 aromatic heterocycles. The van der Waals surface area contributed by atoms with E-state index in [0.717, 1.165) is 25.3 Å². The van der Waals surface area contributed by atoms with E-state index in [9.17, 15) is 5.11 Å². The second kappa shape index (κ2) is 4.07. The van der Waals surface area contributed by atoms with Crippen molar-refractivity contribution >= 4 is 0 Å². The van der Waals surface area contributed by atoms with Gasteiger partial charge in [0.1, 0.15) is 5.60 Å². The molecule has 0 saturated heterocycles. The van der Waals surface area contributed by atoms with Crippen molar-refractivity contribution in [3.05, 3.63) is 11.6 Å². The molecule has 0 atom stereocenters. The summed E-state index contributed by atoms with van der Waals surface area (Å²) in [5.74, 6) is 0. The minimum atomic E-state index is -1.03. The first-order valence-electron chi connectivity index (χ1n) is 4.46. The molecule has 0 aromatic carbocycles. The maximum absolute atomic E-state index is 10.0. The maximum atomic E-state index is 10.0. The normalized spacial score (nSPS) is 21.6. The molecule has 0 radical (unpaired) electrons. The molecule has 0 aliphatic heterocycles. The van der Waals surface area contributed by atoms with E-state index in [1.165, 1.54) is 0 Å². The van der Waals surface area contributed by atoms with Crippen LogP contribution >= 0.6 is 0 Å². The van der Waals surface area contributed by atoms with Crippen molar-refractivity contribution in [2.75, 3.05) is 0 Å². The Morgan fingerprint density at radius 2 is 1.85 bits per heavy atom. The van der Waals surface area contributed by atoms with Gasteiger partial charge in [0.15, 0.2) is 0 Å². The first kappa shape index (κ1) is 9.77. The van der Waals surface area contributed by atoms with Crippen LogP contribution < -0.4 is 0 Å². The van der Waals surface area contributed by atoms with Crippen molar-refractivity contribution in [1.29, 1.82) is 10.5 Å². The highest BCUT2D eigenvalue weighted by atomic mass is 16.3. The Kier molecular flexibility index (Phi) is 3.06. The van der Waals surface area contributed by atoms with Gasteiger partial charge in [-0.25, -0.2) is 0 Å². The molecule has 0 spiro atoms. The number of nitrogens with zero attached hydrogens (tertiary/aromatic N) is 2. The van der Waals surface area contributed by atoms with Crippen molar-refractivity contribution in [2.24, 2.45) is 0 Å². The molecule has 0 amide bonds. The first-order valence-corrected chi connectivity index (χ1v) is 4.46. The van der Waals surface area contributed by atoms with Crippen molar-refractivity contribution in [3.63, 3.8) is 0 Å². The Hall–Kier alpha value is -1.32. The van der Waals surface area contributed by atoms with Crippen LogP contribution in [0, 0.1) is 22.7 Å².